The fraction of sp³-hybridized carbons (Fsp3) is 0.455. The van der Waals surface area contributed by atoms with E-state index in [1.165, 1.54) is 17.8 Å². The summed E-state index contributed by atoms with van der Waals surface area (Å²) >= 11 is 7.91. The van der Waals surface area contributed by atoms with Crippen LogP contribution in [0.25, 0.3) is 0 Å². The van der Waals surface area contributed by atoms with E-state index in [9.17, 15) is 13.5 Å². The maximum absolute atomic E-state index is 12.3. The highest BCUT2D eigenvalue weighted by molar-refractivity contribution is 9.11. The van der Waals surface area contributed by atoms with Crippen molar-refractivity contribution in [2.75, 3.05) is 12.9 Å². The molecule has 1 aromatic rings. The molecule has 0 aliphatic heterocycles. The lowest BCUT2D eigenvalue weighted by molar-refractivity contribution is 0.282. The summed E-state index contributed by atoms with van der Waals surface area (Å²) in [6.07, 6.45) is 1.83. The third kappa shape index (κ3) is 4.71. The van der Waals surface area contributed by atoms with Gasteiger partial charge in [0, 0.05) is 20.2 Å². The summed E-state index contributed by atoms with van der Waals surface area (Å²) < 4.78 is 28.4. The van der Waals surface area contributed by atoms with Crippen LogP contribution in [0.3, 0.4) is 0 Å². The Morgan fingerprint density at radius 3 is 2.58 bits per heavy atom. The molecule has 0 saturated heterocycles. The van der Waals surface area contributed by atoms with Crippen LogP contribution in [0.4, 0.5) is 0 Å². The highest BCUT2D eigenvalue weighted by Crippen LogP contribution is 2.26. The number of hydrogen-bond acceptors (Lipinski definition) is 4. The lowest BCUT2D eigenvalue weighted by Crippen LogP contribution is -2.41. The fourth-order valence-corrected chi connectivity index (χ4v) is 5.00. The Morgan fingerprint density at radius 2 is 2.05 bits per heavy atom. The van der Waals surface area contributed by atoms with E-state index in [1.807, 2.05) is 6.26 Å². The second kappa shape index (κ2) is 7.42. The predicted molar refractivity (Wildman–Crippen MR) is 86.0 cm³/mol. The van der Waals surface area contributed by atoms with Gasteiger partial charge < -0.3 is 5.11 Å². The van der Waals surface area contributed by atoms with Gasteiger partial charge in [0.1, 0.15) is 0 Å². The van der Waals surface area contributed by atoms with E-state index >= 15 is 0 Å². The Bertz CT molecular complexity index is 533. The normalized spacial score (nSPS) is 15.2. The van der Waals surface area contributed by atoms with Crippen LogP contribution in [0, 0.1) is 0 Å². The summed E-state index contributed by atoms with van der Waals surface area (Å²) in [4.78, 5) is 0.173. The van der Waals surface area contributed by atoms with Crippen molar-refractivity contribution in [3.8, 4) is 0 Å². The zero-order valence-corrected chi connectivity index (χ0v) is 15.2. The van der Waals surface area contributed by atoms with Gasteiger partial charge in [0.2, 0.25) is 10.0 Å². The van der Waals surface area contributed by atoms with Gasteiger partial charge in [-0.2, -0.15) is 11.8 Å². The molecule has 4 nitrogen and oxygen atoms in total. The Labute approximate surface area is 134 Å². The average Bonchev–Trinajstić information content (AvgIpc) is 2.33. The molecule has 0 heterocycles. The van der Waals surface area contributed by atoms with Crippen molar-refractivity contribution in [1.29, 1.82) is 0 Å². The average molecular weight is 433 g/mol. The van der Waals surface area contributed by atoms with Crippen LogP contribution in [0.2, 0.25) is 0 Å². The topological polar surface area (TPSA) is 66.4 Å². The Balaban J connectivity index is 3.01. The van der Waals surface area contributed by atoms with Crippen molar-refractivity contribution in [1.82, 2.24) is 4.72 Å². The van der Waals surface area contributed by atoms with Crippen molar-refractivity contribution in [3.63, 3.8) is 0 Å². The van der Waals surface area contributed by atoms with Gasteiger partial charge in [-0.25, -0.2) is 13.1 Å². The van der Waals surface area contributed by atoms with E-state index in [2.05, 4.69) is 36.6 Å². The van der Waals surface area contributed by atoms with E-state index in [0.717, 1.165) is 0 Å². The van der Waals surface area contributed by atoms with E-state index in [-0.39, 0.29) is 22.8 Å². The quantitative estimate of drug-likeness (QED) is 0.724. The number of nitrogens with one attached hydrogen (secondary N) is 1. The third-order valence-electron chi connectivity index (χ3n) is 2.56. The molecule has 2 unspecified atom stereocenters. The van der Waals surface area contributed by atoms with E-state index in [1.54, 1.807) is 19.1 Å². The molecule has 0 bridgehead atoms. The second-order valence-electron chi connectivity index (χ2n) is 3.94. The van der Waals surface area contributed by atoms with Gasteiger partial charge in [-0.15, -0.1) is 0 Å². The largest absolute Gasteiger partial charge is 0.395 e. The third-order valence-corrected chi connectivity index (χ3v) is 6.77. The molecule has 0 aromatic heterocycles. The molecule has 1 rings (SSSR count). The monoisotopic (exact) mass is 431 g/mol. The Morgan fingerprint density at radius 1 is 1.42 bits per heavy atom. The van der Waals surface area contributed by atoms with Gasteiger partial charge in [-0.1, -0.05) is 15.9 Å². The maximum Gasteiger partial charge on any atom is 0.242 e. The van der Waals surface area contributed by atoms with Crippen LogP contribution < -0.4 is 4.72 Å². The lowest BCUT2D eigenvalue weighted by Gasteiger charge is -2.21. The number of aliphatic hydroxyl groups is 1. The Kier molecular flexibility index (Phi) is 6.82. The number of aliphatic hydroxyl groups excluding tert-OH is 1. The molecule has 0 saturated carbocycles. The summed E-state index contributed by atoms with van der Waals surface area (Å²) in [5.41, 5.74) is 0. The molecule has 2 N–H and O–H groups in total. The predicted octanol–water partition coefficient (Wildman–Crippen LogP) is 2.60. The first-order valence-corrected chi connectivity index (χ1v) is 9.78. The van der Waals surface area contributed by atoms with Crippen LogP contribution in [-0.2, 0) is 10.0 Å². The number of thioether (sulfide) groups is 1. The van der Waals surface area contributed by atoms with E-state index in [4.69, 9.17) is 0 Å². The zero-order chi connectivity index (χ0) is 14.6. The van der Waals surface area contributed by atoms with E-state index < -0.39 is 10.0 Å². The lowest BCUT2D eigenvalue weighted by atomic mass is 10.3. The maximum atomic E-state index is 12.3. The molecule has 0 spiro atoms. The van der Waals surface area contributed by atoms with Crippen LogP contribution >= 0.6 is 43.6 Å². The summed E-state index contributed by atoms with van der Waals surface area (Å²) in [5, 5.41) is 9.01. The summed E-state index contributed by atoms with van der Waals surface area (Å²) in [5.74, 6) is 0. The van der Waals surface area contributed by atoms with Crippen molar-refractivity contribution < 1.29 is 13.5 Å². The van der Waals surface area contributed by atoms with Crippen LogP contribution in [0.15, 0.2) is 32.0 Å². The van der Waals surface area contributed by atoms with Crippen LogP contribution in [0.5, 0.6) is 0 Å². The first-order valence-electron chi connectivity index (χ1n) is 5.43. The molecule has 8 heteroatoms. The molecule has 108 valence electrons. The van der Waals surface area contributed by atoms with Crippen LogP contribution in [0.1, 0.15) is 6.92 Å². The number of rotatable bonds is 6. The van der Waals surface area contributed by atoms with Gasteiger partial charge in [-0.3, -0.25) is 0 Å². The highest BCUT2D eigenvalue weighted by Gasteiger charge is 2.24. The van der Waals surface area contributed by atoms with Crippen molar-refractivity contribution >= 4 is 53.6 Å². The van der Waals surface area contributed by atoms with Crippen LogP contribution in [-0.4, -0.2) is 37.7 Å². The zero-order valence-electron chi connectivity index (χ0n) is 10.4. The van der Waals surface area contributed by atoms with Gasteiger partial charge in [0.25, 0.3) is 0 Å². The molecule has 2 atom stereocenters. The van der Waals surface area contributed by atoms with Gasteiger partial charge >= 0.3 is 0 Å². The first-order chi connectivity index (χ1) is 8.81. The second-order valence-corrected chi connectivity index (χ2v) is 8.47. The minimum atomic E-state index is -3.63. The summed E-state index contributed by atoms with van der Waals surface area (Å²) in [7, 11) is -3.63. The summed E-state index contributed by atoms with van der Waals surface area (Å²) in [6, 6.07) is 4.59. The Hall–Kier alpha value is 0.400. The smallest absolute Gasteiger partial charge is 0.242 e. The molecule has 0 radical (unpaired) electrons. The molecule has 0 amide bonds. The molecule has 19 heavy (non-hydrogen) atoms. The number of hydrogen-bond donors (Lipinski definition) is 2. The molecule has 0 aliphatic carbocycles. The number of halogens is 2. The molecule has 0 fully saturated rings. The minimum Gasteiger partial charge on any atom is -0.395 e. The SMILES string of the molecule is CSC(CO)C(C)NS(=O)(=O)c1cc(Br)ccc1Br. The van der Waals surface area contributed by atoms with Crippen molar-refractivity contribution in [2.45, 2.75) is 23.1 Å². The molecule has 1 aromatic carbocycles. The van der Waals surface area contributed by atoms with Gasteiger partial charge in [-0.05, 0) is 47.3 Å². The van der Waals surface area contributed by atoms with Crippen molar-refractivity contribution in [2.24, 2.45) is 0 Å². The standard InChI is InChI=1S/C11H15Br2NO3S2/c1-7(10(6-15)18-2)14-19(16,17)11-5-8(12)3-4-9(11)13/h3-5,7,10,14-15H,6H2,1-2H3. The van der Waals surface area contributed by atoms with Crippen molar-refractivity contribution in [3.05, 3.63) is 27.1 Å². The van der Waals surface area contributed by atoms with Gasteiger partial charge in [0.15, 0.2) is 0 Å². The molecular formula is C11H15Br2NO3S2. The van der Waals surface area contributed by atoms with E-state index in [0.29, 0.717) is 8.95 Å². The number of benzene rings is 1. The molecule has 0 aliphatic rings. The fourth-order valence-electron chi connectivity index (χ4n) is 1.50. The first kappa shape index (κ1) is 17.5. The highest BCUT2D eigenvalue weighted by atomic mass is 79.9. The minimum absolute atomic E-state index is 0.0789. The molecular weight excluding hydrogens is 418 g/mol. The van der Waals surface area contributed by atoms with Gasteiger partial charge in [0.05, 0.1) is 11.5 Å². The number of sulfonamides is 1. The summed E-state index contributed by atoms with van der Waals surface area (Å²) in [6.45, 7) is 1.66.